The molecule has 13 nitrogen and oxygen atoms in total. The Balaban J connectivity index is 2.05. The molecule has 2 fully saturated rings. The van der Waals surface area contributed by atoms with Gasteiger partial charge in [-0.25, -0.2) is 14.4 Å². The second-order valence-electron chi connectivity index (χ2n) is 14.4. The topological polar surface area (TPSA) is 206 Å². The predicted octanol–water partition coefficient (Wildman–Crippen LogP) is 3.57. The minimum Gasteiger partial charge on any atom is -0.479 e. The van der Waals surface area contributed by atoms with E-state index in [9.17, 15) is 44.7 Å². The van der Waals surface area contributed by atoms with Gasteiger partial charge in [-0.15, -0.1) is 0 Å². The Labute approximate surface area is 292 Å². The first-order chi connectivity index (χ1) is 23.2. The van der Waals surface area contributed by atoms with Gasteiger partial charge in [0.05, 0.1) is 5.60 Å². The third kappa shape index (κ3) is 8.13. The summed E-state index contributed by atoms with van der Waals surface area (Å²) in [6.07, 6.45) is -3.44. The Morgan fingerprint density at radius 2 is 1.70 bits per heavy atom. The first-order valence-electron chi connectivity index (χ1n) is 16.9. The summed E-state index contributed by atoms with van der Waals surface area (Å²) in [5.74, 6) is -8.44. The van der Waals surface area contributed by atoms with E-state index >= 15 is 0 Å². The number of fused-ring (bicyclic) bond motifs is 2. The summed E-state index contributed by atoms with van der Waals surface area (Å²) in [7, 11) is 0. The van der Waals surface area contributed by atoms with Gasteiger partial charge in [0, 0.05) is 25.3 Å². The zero-order valence-electron chi connectivity index (χ0n) is 29.8. The molecule has 1 aromatic carbocycles. The lowest BCUT2D eigenvalue weighted by molar-refractivity contribution is -0.397. The lowest BCUT2D eigenvalue weighted by Gasteiger charge is -2.53. The van der Waals surface area contributed by atoms with Crippen LogP contribution >= 0.6 is 0 Å². The predicted molar refractivity (Wildman–Crippen MR) is 179 cm³/mol. The van der Waals surface area contributed by atoms with Gasteiger partial charge < -0.3 is 44.5 Å². The van der Waals surface area contributed by atoms with Gasteiger partial charge in [0.2, 0.25) is 17.0 Å². The number of hydrogen-bond donors (Lipinski definition) is 5. The van der Waals surface area contributed by atoms with Gasteiger partial charge in [0.15, 0.2) is 6.10 Å². The van der Waals surface area contributed by atoms with Crippen LogP contribution < -0.4 is 0 Å². The van der Waals surface area contributed by atoms with Crippen molar-refractivity contribution in [2.45, 2.75) is 128 Å². The second kappa shape index (κ2) is 15.7. The Kier molecular flexibility index (Phi) is 12.8. The van der Waals surface area contributed by atoms with E-state index in [0.29, 0.717) is 17.9 Å². The highest BCUT2D eigenvalue weighted by Gasteiger charge is 2.85. The zero-order chi connectivity index (χ0) is 37.8. The van der Waals surface area contributed by atoms with Crippen molar-refractivity contribution in [3.05, 3.63) is 60.2 Å². The molecule has 2 aliphatic heterocycles. The van der Waals surface area contributed by atoms with Crippen LogP contribution in [0.5, 0.6) is 0 Å². The number of allylic oxidation sites excluding steroid dienone is 1. The highest BCUT2D eigenvalue weighted by molar-refractivity contribution is 5.94. The van der Waals surface area contributed by atoms with E-state index in [4.69, 9.17) is 18.9 Å². The normalized spacial score (nSPS) is 30.2. The van der Waals surface area contributed by atoms with E-state index in [1.165, 1.54) is 6.92 Å². The van der Waals surface area contributed by atoms with Crippen LogP contribution in [0.3, 0.4) is 0 Å². The minimum atomic E-state index is -3.59. The number of aliphatic hydroxyl groups is 3. The van der Waals surface area contributed by atoms with Gasteiger partial charge in [-0.2, -0.15) is 0 Å². The van der Waals surface area contributed by atoms with Crippen molar-refractivity contribution < 1.29 is 63.7 Å². The summed E-state index contributed by atoms with van der Waals surface area (Å²) in [6, 6.07) is 9.43. The monoisotopic (exact) mass is 704 g/mol. The fourth-order valence-corrected chi connectivity index (χ4v) is 7.01. The van der Waals surface area contributed by atoms with E-state index in [1.807, 2.05) is 58.0 Å². The summed E-state index contributed by atoms with van der Waals surface area (Å²) in [5.41, 5.74) is -7.89. The quantitative estimate of drug-likeness (QED) is 0.0895. The van der Waals surface area contributed by atoms with E-state index in [-0.39, 0.29) is 18.3 Å². The van der Waals surface area contributed by atoms with Crippen LogP contribution in [-0.2, 0) is 44.5 Å². The van der Waals surface area contributed by atoms with Crippen molar-refractivity contribution >= 4 is 23.9 Å². The molecule has 50 heavy (non-hydrogen) atoms. The maximum Gasteiger partial charge on any atom is 0.344 e. The molecule has 3 rings (SSSR count). The van der Waals surface area contributed by atoms with Gasteiger partial charge in [-0.1, -0.05) is 77.1 Å². The van der Waals surface area contributed by atoms with E-state index in [1.54, 1.807) is 6.08 Å². The van der Waals surface area contributed by atoms with Crippen LogP contribution in [0.25, 0.3) is 0 Å². The fourth-order valence-electron chi connectivity index (χ4n) is 7.01. The highest BCUT2D eigenvalue weighted by Crippen LogP contribution is 2.57. The van der Waals surface area contributed by atoms with Crippen molar-refractivity contribution in [3.8, 4) is 0 Å². The van der Waals surface area contributed by atoms with Crippen LogP contribution in [0, 0.1) is 17.8 Å². The maximum atomic E-state index is 13.2. The van der Waals surface area contributed by atoms with Crippen molar-refractivity contribution in [2.24, 2.45) is 17.8 Å². The largest absolute Gasteiger partial charge is 0.479 e. The number of benzene rings is 1. The second-order valence-corrected chi connectivity index (χ2v) is 14.4. The van der Waals surface area contributed by atoms with Crippen LogP contribution in [0.1, 0.15) is 79.7 Å². The van der Waals surface area contributed by atoms with Crippen molar-refractivity contribution in [2.75, 3.05) is 0 Å². The maximum absolute atomic E-state index is 13.2. The Morgan fingerprint density at radius 3 is 2.22 bits per heavy atom. The first-order valence-corrected chi connectivity index (χ1v) is 16.9. The van der Waals surface area contributed by atoms with Crippen molar-refractivity contribution in [3.63, 3.8) is 0 Å². The number of carboxylic acids is 2. The summed E-state index contributed by atoms with van der Waals surface area (Å²) in [4.78, 5) is 51.3. The number of aliphatic hydroxyl groups excluding tert-OH is 1. The van der Waals surface area contributed by atoms with Gasteiger partial charge in [0.25, 0.3) is 0 Å². The number of hydrogen-bond acceptors (Lipinski definition) is 11. The molecular formula is C37H52O13. The minimum absolute atomic E-state index is 0.0828. The van der Waals surface area contributed by atoms with Crippen LogP contribution in [0.2, 0.25) is 0 Å². The number of ether oxygens (including phenoxy) is 4. The molecule has 2 aliphatic rings. The van der Waals surface area contributed by atoms with E-state index < -0.39 is 77.3 Å². The molecule has 0 aliphatic carbocycles. The Morgan fingerprint density at radius 1 is 1.08 bits per heavy atom. The molecule has 2 saturated heterocycles. The van der Waals surface area contributed by atoms with Gasteiger partial charge >= 0.3 is 23.9 Å². The summed E-state index contributed by atoms with van der Waals surface area (Å²) < 4.78 is 22.9. The van der Waals surface area contributed by atoms with Crippen LogP contribution in [0.15, 0.2) is 54.6 Å². The number of carboxylic acid groups (broad SMARTS) is 2. The molecular weight excluding hydrogens is 652 g/mol. The van der Waals surface area contributed by atoms with Gasteiger partial charge in [-0.05, 0) is 56.1 Å². The summed E-state index contributed by atoms with van der Waals surface area (Å²) in [6.45, 7) is 15.3. The molecule has 2 bridgehead atoms. The molecule has 5 N–H and O–H groups in total. The number of carbonyl (C=O) groups is 4. The molecule has 4 unspecified atom stereocenters. The van der Waals surface area contributed by atoms with Crippen molar-refractivity contribution in [1.82, 2.24) is 0 Å². The summed E-state index contributed by atoms with van der Waals surface area (Å²) in [5, 5.41) is 55.7. The lowest BCUT2D eigenvalue weighted by atomic mass is 9.70. The smallest absolute Gasteiger partial charge is 0.344 e. The molecule has 0 radical (unpaired) electrons. The SMILES string of the molecule is C=C(CCC12OC(C(C)(C)O)C(O)(C(=O)O)C(C(=O)O)(O1)[C@H](OC(=O)/C=C/[C@@H](C)C[C@@H](C)CC)[C@H]2O)[C@@H](OC(C)=O)[C@H](C)Cc1ccccc1. The van der Waals surface area contributed by atoms with Gasteiger partial charge in [0.1, 0.15) is 18.3 Å². The molecule has 0 spiro atoms. The zero-order valence-corrected chi connectivity index (χ0v) is 29.8. The number of esters is 2. The molecule has 278 valence electrons. The average Bonchev–Trinajstić information content (AvgIpc) is 3.24. The lowest BCUT2D eigenvalue weighted by Crippen LogP contribution is -2.79. The molecule has 0 aromatic heterocycles. The van der Waals surface area contributed by atoms with Crippen LogP contribution in [-0.4, -0.2) is 96.4 Å². The standard InChI is InChI=1S/C37H52O13/c1-9-21(2)19-22(3)15-16-27(39)48-30-29(40)35(49-31(34(7,8)45)36(46,32(41)42)37(30,50-35)33(43)44)18-17-23(4)28(47-25(6)38)24(5)20-26-13-11-10-12-14-26/h10-16,21-22,24,28-31,40,45-46H,4,9,17-20H2,1-3,5-8H3,(H,41,42)(H,43,44)/b16-15+/t21-,22+,24+,28+,29+,30+,31?,35?,36?,37?/m0/s1. The molecule has 0 saturated carbocycles. The Bertz CT molecular complexity index is 1430. The Hall–Kier alpha value is -3.62. The number of rotatable bonds is 17. The van der Waals surface area contributed by atoms with E-state index in [0.717, 1.165) is 38.3 Å². The molecule has 13 heteroatoms. The summed E-state index contributed by atoms with van der Waals surface area (Å²) >= 11 is 0. The van der Waals surface area contributed by atoms with E-state index in [2.05, 4.69) is 6.58 Å². The highest BCUT2D eigenvalue weighted by atomic mass is 16.8. The molecule has 2 heterocycles. The van der Waals surface area contributed by atoms with Crippen molar-refractivity contribution in [1.29, 1.82) is 0 Å². The third-order valence-electron chi connectivity index (χ3n) is 9.70. The average molecular weight is 705 g/mol. The van der Waals surface area contributed by atoms with Crippen LogP contribution in [0.4, 0.5) is 0 Å². The first kappa shape index (κ1) is 40.8. The number of aliphatic carboxylic acids is 2. The fraction of sp³-hybridized carbons (Fsp3) is 0.622. The molecule has 10 atom stereocenters. The van der Waals surface area contributed by atoms with Gasteiger partial charge in [-0.3, -0.25) is 4.79 Å². The molecule has 1 aromatic rings. The molecule has 0 amide bonds. The number of carbonyl (C=O) groups excluding carboxylic acids is 2. The third-order valence-corrected chi connectivity index (χ3v) is 9.70.